The number of rotatable bonds is 8. The lowest BCUT2D eigenvalue weighted by Gasteiger charge is -2.37. The Kier molecular flexibility index (Phi) is 6.13. The number of hydrogen-bond donors (Lipinski definition) is 2. The highest BCUT2D eigenvalue weighted by atomic mass is 16.4. The van der Waals surface area contributed by atoms with Gasteiger partial charge in [0.2, 0.25) is 0 Å². The van der Waals surface area contributed by atoms with Gasteiger partial charge in [0.25, 0.3) is 0 Å². The number of nitrogens with one attached hydrogen (secondary N) is 1. The highest BCUT2D eigenvalue weighted by molar-refractivity contribution is 5.64. The van der Waals surface area contributed by atoms with Crippen LogP contribution < -0.4 is 5.32 Å². The Hall–Kier alpha value is -3.86. The summed E-state index contributed by atoms with van der Waals surface area (Å²) in [6.45, 7) is 0.406. The normalized spacial score (nSPS) is 11.2. The standard InChI is InChI=1S/C26H25N3O2/c30-25(31)27-18-10-17-24-19-29(20-28-24)26(21-11-4-1-5-12-21,22-13-6-2-7-14-22)23-15-8-3-9-16-23/h1-9,11-16,19-20,27H,10,17-18H2,(H,30,31). The monoisotopic (exact) mass is 411 g/mol. The molecular formula is C26H25N3O2. The van der Waals surface area contributed by atoms with E-state index in [1.54, 1.807) is 0 Å². The lowest BCUT2D eigenvalue weighted by atomic mass is 9.77. The molecule has 5 nitrogen and oxygen atoms in total. The molecule has 0 aliphatic carbocycles. The van der Waals surface area contributed by atoms with Gasteiger partial charge in [0.1, 0.15) is 5.54 Å². The van der Waals surface area contributed by atoms with Gasteiger partial charge in [-0.05, 0) is 29.5 Å². The molecule has 1 aromatic heterocycles. The fourth-order valence-electron chi connectivity index (χ4n) is 4.13. The summed E-state index contributed by atoms with van der Waals surface area (Å²) in [5.41, 5.74) is 3.78. The third-order valence-electron chi connectivity index (χ3n) is 5.48. The van der Waals surface area contributed by atoms with Gasteiger partial charge >= 0.3 is 6.09 Å². The van der Waals surface area contributed by atoms with Crippen molar-refractivity contribution in [1.29, 1.82) is 0 Å². The van der Waals surface area contributed by atoms with E-state index in [-0.39, 0.29) is 0 Å². The van der Waals surface area contributed by atoms with Crippen molar-refractivity contribution < 1.29 is 9.90 Å². The number of aromatic nitrogens is 2. The van der Waals surface area contributed by atoms with Crippen molar-refractivity contribution in [2.45, 2.75) is 18.4 Å². The molecule has 0 saturated heterocycles. The third kappa shape index (κ3) is 4.21. The minimum absolute atomic E-state index is 0.406. The van der Waals surface area contributed by atoms with E-state index >= 15 is 0 Å². The minimum Gasteiger partial charge on any atom is -0.465 e. The van der Waals surface area contributed by atoms with Gasteiger partial charge in [-0.1, -0.05) is 91.0 Å². The van der Waals surface area contributed by atoms with Crippen LogP contribution >= 0.6 is 0 Å². The van der Waals surface area contributed by atoms with Crippen molar-refractivity contribution in [3.8, 4) is 0 Å². The van der Waals surface area contributed by atoms with Gasteiger partial charge in [0, 0.05) is 12.7 Å². The van der Waals surface area contributed by atoms with Crippen LogP contribution in [0.1, 0.15) is 28.8 Å². The quantitative estimate of drug-likeness (QED) is 0.319. The Morgan fingerprint density at radius 2 is 1.32 bits per heavy atom. The van der Waals surface area contributed by atoms with E-state index in [0.717, 1.165) is 22.4 Å². The maximum absolute atomic E-state index is 10.7. The van der Waals surface area contributed by atoms with E-state index < -0.39 is 11.6 Å². The van der Waals surface area contributed by atoms with Gasteiger partial charge in [0.15, 0.2) is 0 Å². The van der Waals surface area contributed by atoms with E-state index in [2.05, 4.69) is 93.9 Å². The number of imidazole rings is 1. The smallest absolute Gasteiger partial charge is 0.404 e. The molecule has 2 N–H and O–H groups in total. The lowest BCUT2D eigenvalue weighted by Crippen LogP contribution is -2.36. The average Bonchev–Trinajstić information content (AvgIpc) is 3.28. The Morgan fingerprint density at radius 3 is 1.77 bits per heavy atom. The highest BCUT2D eigenvalue weighted by Crippen LogP contribution is 2.40. The van der Waals surface area contributed by atoms with Gasteiger partial charge in [-0.25, -0.2) is 9.78 Å². The number of hydrogen-bond acceptors (Lipinski definition) is 2. The summed E-state index contributed by atoms with van der Waals surface area (Å²) in [7, 11) is 0. The number of aryl methyl sites for hydroxylation is 1. The molecule has 5 heteroatoms. The first-order valence-electron chi connectivity index (χ1n) is 10.4. The van der Waals surface area contributed by atoms with Crippen LogP contribution in [0, 0.1) is 0 Å². The SMILES string of the molecule is O=C(O)NCCCc1cn(C(c2ccccc2)(c2ccccc2)c2ccccc2)cn1. The van der Waals surface area contributed by atoms with Crippen LogP contribution in [0.4, 0.5) is 4.79 Å². The second-order valence-electron chi connectivity index (χ2n) is 7.42. The largest absolute Gasteiger partial charge is 0.465 e. The fourth-order valence-corrected chi connectivity index (χ4v) is 4.13. The Balaban J connectivity index is 1.83. The predicted octanol–water partition coefficient (Wildman–Crippen LogP) is 4.92. The second kappa shape index (κ2) is 9.30. The first-order valence-corrected chi connectivity index (χ1v) is 10.4. The molecule has 1 heterocycles. The van der Waals surface area contributed by atoms with E-state index in [4.69, 9.17) is 5.11 Å². The molecule has 4 aromatic rings. The zero-order chi connectivity index (χ0) is 21.5. The summed E-state index contributed by atoms with van der Waals surface area (Å²) in [5, 5.41) is 11.2. The van der Waals surface area contributed by atoms with Gasteiger partial charge in [-0.2, -0.15) is 0 Å². The molecule has 1 amide bonds. The molecule has 0 bridgehead atoms. The van der Waals surface area contributed by atoms with E-state index in [9.17, 15) is 4.79 Å². The van der Waals surface area contributed by atoms with Crippen molar-refractivity contribution >= 4 is 6.09 Å². The number of carboxylic acid groups (broad SMARTS) is 1. The summed E-state index contributed by atoms with van der Waals surface area (Å²) in [4.78, 5) is 15.3. The number of amides is 1. The van der Waals surface area contributed by atoms with E-state index in [1.807, 2.05) is 24.5 Å². The molecule has 31 heavy (non-hydrogen) atoms. The minimum atomic E-state index is -0.998. The fraction of sp³-hybridized carbons (Fsp3) is 0.154. The molecule has 0 spiro atoms. The van der Waals surface area contributed by atoms with Crippen LogP contribution in [-0.4, -0.2) is 27.3 Å². The van der Waals surface area contributed by atoms with Crippen molar-refractivity contribution in [3.05, 3.63) is 126 Å². The zero-order valence-corrected chi connectivity index (χ0v) is 17.2. The third-order valence-corrected chi connectivity index (χ3v) is 5.48. The molecule has 0 aliphatic rings. The summed E-state index contributed by atoms with van der Waals surface area (Å²) >= 11 is 0. The molecule has 0 aliphatic heterocycles. The lowest BCUT2D eigenvalue weighted by molar-refractivity contribution is 0.194. The summed E-state index contributed by atoms with van der Waals surface area (Å²) in [5.74, 6) is 0. The Morgan fingerprint density at radius 1 is 0.839 bits per heavy atom. The topological polar surface area (TPSA) is 67.2 Å². The van der Waals surface area contributed by atoms with Crippen LogP contribution in [0.25, 0.3) is 0 Å². The molecule has 4 rings (SSSR count). The first kappa shape index (κ1) is 20.4. The van der Waals surface area contributed by atoms with Gasteiger partial charge in [0.05, 0.1) is 12.0 Å². The van der Waals surface area contributed by atoms with Crippen LogP contribution in [0.15, 0.2) is 104 Å². The maximum atomic E-state index is 10.7. The summed E-state index contributed by atoms with van der Waals surface area (Å²) in [6, 6.07) is 31.3. The first-order chi connectivity index (χ1) is 15.2. The van der Waals surface area contributed by atoms with E-state index in [0.29, 0.717) is 19.4 Å². The molecule has 0 atom stereocenters. The molecule has 0 unspecified atom stereocenters. The number of benzene rings is 3. The number of carbonyl (C=O) groups is 1. The predicted molar refractivity (Wildman–Crippen MR) is 121 cm³/mol. The maximum Gasteiger partial charge on any atom is 0.404 e. The molecule has 156 valence electrons. The molecular weight excluding hydrogens is 386 g/mol. The number of nitrogens with zero attached hydrogens (tertiary/aromatic N) is 2. The summed E-state index contributed by atoms with van der Waals surface area (Å²) in [6.07, 6.45) is 4.35. The van der Waals surface area contributed by atoms with Crippen LogP contribution in [0.2, 0.25) is 0 Å². The average molecular weight is 412 g/mol. The second-order valence-corrected chi connectivity index (χ2v) is 7.42. The van der Waals surface area contributed by atoms with Crippen molar-refractivity contribution in [1.82, 2.24) is 14.9 Å². The van der Waals surface area contributed by atoms with Crippen LogP contribution in [0.5, 0.6) is 0 Å². The van der Waals surface area contributed by atoms with Crippen molar-refractivity contribution in [2.24, 2.45) is 0 Å². The molecule has 0 saturated carbocycles. The Bertz CT molecular complexity index is 1010. The van der Waals surface area contributed by atoms with Gasteiger partial charge < -0.3 is 15.0 Å². The van der Waals surface area contributed by atoms with Crippen molar-refractivity contribution in [2.75, 3.05) is 6.54 Å². The summed E-state index contributed by atoms with van der Waals surface area (Å²) < 4.78 is 2.17. The molecule has 0 radical (unpaired) electrons. The molecule has 0 fully saturated rings. The van der Waals surface area contributed by atoms with Gasteiger partial charge in [-0.3, -0.25) is 0 Å². The zero-order valence-electron chi connectivity index (χ0n) is 17.2. The highest BCUT2D eigenvalue weighted by Gasteiger charge is 2.38. The van der Waals surface area contributed by atoms with Crippen LogP contribution in [-0.2, 0) is 12.0 Å². The Labute approximate surface area is 182 Å². The van der Waals surface area contributed by atoms with Crippen molar-refractivity contribution in [3.63, 3.8) is 0 Å². The van der Waals surface area contributed by atoms with Crippen LogP contribution in [0.3, 0.4) is 0 Å². The van der Waals surface area contributed by atoms with E-state index in [1.165, 1.54) is 0 Å². The molecule has 3 aromatic carbocycles. The van der Waals surface area contributed by atoms with Gasteiger partial charge in [-0.15, -0.1) is 0 Å².